The summed E-state index contributed by atoms with van der Waals surface area (Å²) in [4.78, 5) is 24.7. The lowest BCUT2D eigenvalue weighted by molar-refractivity contribution is -0.143. The molecule has 0 radical (unpaired) electrons. The number of carbonyl (C=O) groups excluding carboxylic acids is 2. The van der Waals surface area contributed by atoms with Crippen LogP contribution in [0.3, 0.4) is 0 Å². The summed E-state index contributed by atoms with van der Waals surface area (Å²) in [6.45, 7) is 4.98. The number of amides is 1. The van der Waals surface area contributed by atoms with Crippen molar-refractivity contribution in [3.8, 4) is 0 Å². The topological polar surface area (TPSA) is 95.9 Å². The molecule has 6 nitrogen and oxygen atoms in total. The van der Waals surface area contributed by atoms with Crippen LogP contribution in [0.4, 0.5) is 0 Å². The van der Waals surface area contributed by atoms with E-state index in [1.54, 1.807) is 0 Å². The molecule has 0 heterocycles. The van der Waals surface area contributed by atoms with Gasteiger partial charge in [-0.15, -0.1) is 0 Å². The van der Waals surface area contributed by atoms with Crippen molar-refractivity contribution >= 4 is 11.9 Å². The van der Waals surface area contributed by atoms with E-state index in [9.17, 15) is 19.8 Å². The molecule has 0 saturated carbocycles. The van der Waals surface area contributed by atoms with Crippen molar-refractivity contribution in [1.29, 1.82) is 0 Å². The Morgan fingerprint density at radius 1 is 0.326 bits per heavy atom. The average molecular weight is 1210 g/mol. The van der Waals surface area contributed by atoms with Gasteiger partial charge in [-0.1, -0.05) is 378 Å². The van der Waals surface area contributed by atoms with Gasteiger partial charge >= 0.3 is 5.97 Å². The monoisotopic (exact) mass is 1210 g/mol. The lowest BCUT2D eigenvalue weighted by atomic mass is 10.0. The summed E-state index contributed by atoms with van der Waals surface area (Å²) in [5, 5.41) is 23.5. The van der Waals surface area contributed by atoms with E-state index in [-0.39, 0.29) is 18.5 Å². The van der Waals surface area contributed by atoms with Crippen molar-refractivity contribution in [2.45, 2.75) is 450 Å². The molecule has 0 saturated heterocycles. The molecule has 0 spiro atoms. The Bertz CT molecular complexity index is 1390. The van der Waals surface area contributed by atoms with Gasteiger partial charge in [0.1, 0.15) is 0 Å². The number of hydrogen-bond acceptors (Lipinski definition) is 5. The van der Waals surface area contributed by atoms with Gasteiger partial charge in [-0.05, 0) is 83.5 Å². The zero-order valence-corrected chi connectivity index (χ0v) is 58.3. The maximum atomic E-state index is 12.6. The molecule has 0 aliphatic heterocycles. The first-order valence-electron chi connectivity index (χ1n) is 39.2. The van der Waals surface area contributed by atoms with E-state index in [1.807, 2.05) is 0 Å². The highest BCUT2D eigenvalue weighted by Crippen LogP contribution is 2.20. The standard InChI is InChI=1S/C80H153NO5/c1-3-5-7-9-11-13-15-17-19-21-23-24-25-28-31-34-37-40-44-48-52-56-60-64-68-72-78(83)77(76-82)81-79(84)73-69-65-61-57-53-49-45-41-38-35-32-29-26-27-30-33-36-39-43-47-51-55-59-63-67-71-75-86-80(85)74-70-66-62-58-54-50-46-42-22-20-18-16-14-12-10-8-6-4-2/h14,16,20,22,26,29,77-78,82-83H,3-13,15,17-19,21,23-25,27-28,30-76H2,1-2H3,(H,81,84)/b16-14-,22-20-,29-26-. The maximum Gasteiger partial charge on any atom is 0.305 e. The van der Waals surface area contributed by atoms with Crippen molar-refractivity contribution < 1.29 is 24.5 Å². The third kappa shape index (κ3) is 71.2. The molecule has 0 aliphatic carbocycles. The summed E-state index contributed by atoms with van der Waals surface area (Å²) in [5.74, 6) is -0.0238. The number of allylic oxidation sites excluding steroid dienone is 6. The fraction of sp³-hybridized carbons (Fsp3) is 0.900. The first-order valence-corrected chi connectivity index (χ1v) is 39.2. The molecule has 0 rings (SSSR count). The second kappa shape index (κ2) is 75.5. The first-order chi connectivity index (χ1) is 42.5. The van der Waals surface area contributed by atoms with E-state index < -0.39 is 12.1 Å². The van der Waals surface area contributed by atoms with Crippen molar-refractivity contribution in [3.63, 3.8) is 0 Å². The smallest absolute Gasteiger partial charge is 0.305 e. The van der Waals surface area contributed by atoms with Crippen LogP contribution in [0.1, 0.15) is 438 Å². The molecule has 0 aromatic carbocycles. The second-order valence-corrected chi connectivity index (χ2v) is 27.0. The summed E-state index contributed by atoms with van der Waals surface area (Å²) >= 11 is 0. The van der Waals surface area contributed by atoms with Crippen LogP contribution in [0.15, 0.2) is 36.5 Å². The summed E-state index contributed by atoms with van der Waals surface area (Å²) in [6, 6.07) is -0.545. The molecule has 0 fully saturated rings. The number of rotatable bonds is 74. The van der Waals surface area contributed by atoms with E-state index >= 15 is 0 Å². The SMILES string of the molecule is CCCCCC/C=C\C/C=C\CCCCCCCCCC(=O)OCCCCCCCCCCCCCC/C=C\CCCCCCCCCCCCC(=O)NC(CO)C(O)CCCCCCCCCCCCCCCCCCCCCCCCCCC. The molecule has 6 heteroatoms. The quantitative estimate of drug-likeness (QED) is 0.0320. The van der Waals surface area contributed by atoms with Gasteiger partial charge in [0.15, 0.2) is 0 Å². The third-order valence-electron chi connectivity index (χ3n) is 18.4. The van der Waals surface area contributed by atoms with Crippen LogP contribution in [0.5, 0.6) is 0 Å². The predicted molar refractivity (Wildman–Crippen MR) is 379 cm³/mol. The van der Waals surface area contributed by atoms with Gasteiger partial charge in [0.05, 0.1) is 25.4 Å². The van der Waals surface area contributed by atoms with Crippen molar-refractivity contribution in [3.05, 3.63) is 36.5 Å². The van der Waals surface area contributed by atoms with Crippen LogP contribution in [0.2, 0.25) is 0 Å². The maximum absolute atomic E-state index is 12.6. The van der Waals surface area contributed by atoms with Gasteiger partial charge in [0.2, 0.25) is 5.91 Å². The minimum atomic E-state index is -0.668. The molecule has 2 unspecified atom stereocenters. The van der Waals surface area contributed by atoms with Gasteiger partial charge in [-0.25, -0.2) is 0 Å². The van der Waals surface area contributed by atoms with E-state index in [0.717, 1.165) is 51.4 Å². The Labute approximate surface area is 538 Å². The minimum absolute atomic E-state index is 0.00794. The minimum Gasteiger partial charge on any atom is -0.466 e. The molecular formula is C80H153NO5. The van der Waals surface area contributed by atoms with E-state index in [0.29, 0.717) is 25.9 Å². The van der Waals surface area contributed by atoms with Crippen molar-refractivity contribution in [2.24, 2.45) is 0 Å². The summed E-state index contributed by atoms with van der Waals surface area (Å²) in [5.41, 5.74) is 0. The lowest BCUT2D eigenvalue weighted by Gasteiger charge is -2.22. The molecule has 86 heavy (non-hydrogen) atoms. The van der Waals surface area contributed by atoms with Crippen molar-refractivity contribution in [1.82, 2.24) is 5.32 Å². The van der Waals surface area contributed by atoms with Gasteiger partial charge in [-0.3, -0.25) is 9.59 Å². The zero-order valence-electron chi connectivity index (χ0n) is 58.3. The Morgan fingerprint density at radius 2 is 0.581 bits per heavy atom. The first kappa shape index (κ1) is 84.1. The Hall–Kier alpha value is -1.92. The van der Waals surface area contributed by atoms with Crippen LogP contribution in [0.25, 0.3) is 0 Å². The number of hydrogen-bond donors (Lipinski definition) is 3. The fourth-order valence-corrected chi connectivity index (χ4v) is 12.4. The largest absolute Gasteiger partial charge is 0.466 e. The molecule has 1 amide bonds. The number of esters is 1. The number of ether oxygens (including phenoxy) is 1. The number of aliphatic hydroxyl groups excluding tert-OH is 2. The molecular weight excluding hydrogens is 1050 g/mol. The Kier molecular flexibility index (Phi) is 73.9. The van der Waals surface area contributed by atoms with Gasteiger partial charge in [-0.2, -0.15) is 0 Å². The van der Waals surface area contributed by atoms with E-state index in [1.165, 1.54) is 353 Å². The Morgan fingerprint density at radius 3 is 0.907 bits per heavy atom. The van der Waals surface area contributed by atoms with Gasteiger partial charge < -0.3 is 20.3 Å². The molecule has 508 valence electrons. The lowest BCUT2D eigenvalue weighted by Crippen LogP contribution is -2.45. The highest BCUT2D eigenvalue weighted by atomic mass is 16.5. The van der Waals surface area contributed by atoms with Crippen LogP contribution in [-0.4, -0.2) is 47.4 Å². The van der Waals surface area contributed by atoms with E-state index in [2.05, 4.69) is 55.6 Å². The average Bonchev–Trinajstić information content (AvgIpc) is 3.56. The summed E-state index contributed by atoms with van der Waals surface area (Å²) < 4.78 is 5.50. The highest BCUT2D eigenvalue weighted by molar-refractivity contribution is 5.76. The number of aliphatic hydroxyl groups is 2. The number of carbonyl (C=O) groups is 2. The second-order valence-electron chi connectivity index (χ2n) is 27.0. The number of nitrogens with one attached hydrogen (secondary N) is 1. The predicted octanol–water partition coefficient (Wildman–Crippen LogP) is 25.8. The van der Waals surface area contributed by atoms with Crippen molar-refractivity contribution in [2.75, 3.05) is 13.2 Å². The Balaban J connectivity index is 3.39. The fourth-order valence-electron chi connectivity index (χ4n) is 12.4. The van der Waals surface area contributed by atoms with Gasteiger partial charge in [0, 0.05) is 12.8 Å². The van der Waals surface area contributed by atoms with Crippen LogP contribution in [-0.2, 0) is 14.3 Å². The third-order valence-corrected chi connectivity index (χ3v) is 18.4. The van der Waals surface area contributed by atoms with Crippen LogP contribution < -0.4 is 5.32 Å². The number of unbranched alkanes of at least 4 members (excludes halogenated alkanes) is 57. The molecule has 0 aromatic rings. The van der Waals surface area contributed by atoms with Crippen LogP contribution in [0, 0.1) is 0 Å². The highest BCUT2D eigenvalue weighted by Gasteiger charge is 2.20. The molecule has 0 aromatic heterocycles. The molecule has 0 bridgehead atoms. The normalized spacial score (nSPS) is 12.7. The molecule has 3 N–H and O–H groups in total. The molecule has 2 atom stereocenters. The summed E-state index contributed by atoms with van der Waals surface area (Å²) in [6.07, 6.45) is 97.9. The van der Waals surface area contributed by atoms with Gasteiger partial charge in [0.25, 0.3) is 0 Å². The summed E-state index contributed by atoms with van der Waals surface area (Å²) in [7, 11) is 0. The van der Waals surface area contributed by atoms with E-state index in [4.69, 9.17) is 4.74 Å². The molecule has 0 aliphatic rings. The zero-order chi connectivity index (χ0) is 62.0. The van der Waals surface area contributed by atoms with Crippen LogP contribution >= 0.6 is 0 Å².